The number of carbonyl (C=O) groups excluding carboxylic acids is 1. The third kappa shape index (κ3) is 4.05. The summed E-state index contributed by atoms with van der Waals surface area (Å²) in [7, 11) is 0. The molecule has 0 saturated carbocycles. The van der Waals surface area contributed by atoms with Crippen molar-refractivity contribution in [3.05, 3.63) is 59.5 Å². The fourth-order valence-electron chi connectivity index (χ4n) is 2.93. The minimum absolute atomic E-state index is 0.0478. The van der Waals surface area contributed by atoms with Crippen molar-refractivity contribution in [3.63, 3.8) is 0 Å². The normalized spacial score (nSPS) is 11.2. The van der Waals surface area contributed by atoms with Crippen LogP contribution in [0.4, 0.5) is 0 Å². The van der Waals surface area contributed by atoms with Crippen LogP contribution in [-0.4, -0.2) is 27.0 Å². The van der Waals surface area contributed by atoms with Crippen molar-refractivity contribution in [1.29, 1.82) is 0 Å². The predicted octanol–water partition coefficient (Wildman–Crippen LogP) is 3.37. The highest BCUT2D eigenvalue weighted by molar-refractivity contribution is 5.94. The molecule has 0 aliphatic carbocycles. The monoisotopic (exact) mass is 336 g/mol. The number of pyridine rings is 1. The molecule has 0 saturated heterocycles. The van der Waals surface area contributed by atoms with E-state index in [1.54, 1.807) is 6.20 Å². The molecule has 0 atom stereocenters. The Hall–Kier alpha value is -2.69. The van der Waals surface area contributed by atoms with Gasteiger partial charge in [0.05, 0.1) is 0 Å². The van der Waals surface area contributed by atoms with Gasteiger partial charge in [-0.15, -0.1) is 0 Å². The number of rotatable bonds is 6. The van der Waals surface area contributed by atoms with Gasteiger partial charge >= 0.3 is 0 Å². The quantitative estimate of drug-likeness (QED) is 0.751. The number of imidazole rings is 1. The molecule has 5 heteroatoms. The average Bonchev–Trinajstić information content (AvgIpc) is 2.92. The van der Waals surface area contributed by atoms with E-state index in [0.717, 1.165) is 29.1 Å². The number of carbonyl (C=O) groups is 1. The Kier molecular flexibility index (Phi) is 5.12. The molecule has 0 fully saturated rings. The third-order valence-corrected chi connectivity index (χ3v) is 4.04. The lowest BCUT2D eigenvalue weighted by atomic mass is 10.1. The largest absolute Gasteiger partial charge is 0.352 e. The third-order valence-electron chi connectivity index (χ3n) is 4.04. The van der Waals surface area contributed by atoms with Crippen molar-refractivity contribution in [2.24, 2.45) is 5.92 Å². The molecule has 0 aliphatic heterocycles. The molecule has 2 heterocycles. The van der Waals surface area contributed by atoms with Crippen molar-refractivity contribution in [1.82, 2.24) is 19.9 Å². The Morgan fingerprint density at radius 3 is 2.84 bits per heavy atom. The molecule has 0 aliphatic rings. The molecule has 1 amide bonds. The van der Waals surface area contributed by atoms with Crippen LogP contribution in [0, 0.1) is 12.8 Å². The zero-order chi connectivity index (χ0) is 17.8. The summed E-state index contributed by atoms with van der Waals surface area (Å²) >= 11 is 0. The van der Waals surface area contributed by atoms with Crippen LogP contribution in [0.3, 0.4) is 0 Å². The van der Waals surface area contributed by atoms with Gasteiger partial charge in [0.15, 0.2) is 5.65 Å². The summed E-state index contributed by atoms with van der Waals surface area (Å²) in [6.45, 7) is 7.76. The molecule has 130 valence electrons. The first-order valence-corrected chi connectivity index (χ1v) is 8.69. The summed E-state index contributed by atoms with van der Waals surface area (Å²) < 4.78 is 2.17. The molecular formula is C20H24N4O. The number of fused-ring (bicyclic) bond motifs is 1. The molecule has 0 bridgehead atoms. The van der Waals surface area contributed by atoms with Crippen LogP contribution in [0.5, 0.6) is 0 Å². The van der Waals surface area contributed by atoms with Crippen molar-refractivity contribution < 1.29 is 4.79 Å². The van der Waals surface area contributed by atoms with Crippen molar-refractivity contribution >= 4 is 17.1 Å². The topological polar surface area (TPSA) is 59.8 Å². The molecule has 0 unspecified atom stereocenters. The van der Waals surface area contributed by atoms with Gasteiger partial charge in [-0.1, -0.05) is 31.5 Å². The maximum Gasteiger partial charge on any atom is 0.251 e. The smallest absolute Gasteiger partial charge is 0.251 e. The van der Waals surface area contributed by atoms with Gasteiger partial charge in [-0.25, -0.2) is 9.97 Å². The Morgan fingerprint density at radius 1 is 1.24 bits per heavy atom. The fraction of sp³-hybridized carbons (Fsp3) is 0.350. The highest BCUT2D eigenvalue weighted by atomic mass is 16.1. The van der Waals surface area contributed by atoms with Crippen LogP contribution in [0.25, 0.3) is 11.2 Å². The molecule has 3 aromatic rings. The molecule has 2 aromatic heterocycles. The number of hydrogen-bond acceptors (Lipinski definition) is 3. The van der Waals surface area contributed by atoms with E-state index in [9.17, 15) is 4.79 Å². The molecule has 0 spiro atoms. The number of aryl methyl sites for hydroxylation is 1. The number of aromatic nitrogens is 3. The summed E-state index contributed by atoms with van der Waals surface area (Å²) in [5.74, 6) is 1.42. The minimum atomic E-state index is -0.0478. The maximum atomic E-state index is 12.3. The first-order valence-electron chi connectivity index (χ1n) is 8.69. The molecular weight excluding hydrogens is 312 g/mol. The molecule has 0 radical (unpaired) electrons. The summed E-state index contributed by atoms with van der Waals surface area (Å²) in [4.78, 5) is 21.4. The predicted molar refractivity (Wildman–Crippen MR) is 99.6 cm³/mol. The lowest BCUT2D eigenvalue weighted by molar-refractivity contribution is 0.0954. The molecule has 5 nitrogen and oxygen atoms in total. The van der Waals surface area contributed by atoms with Crippen LogP contribution in [-0.2, 0) is 13.0 Å². The van der Waals surface area contributed by atoms with E-state index < -0.39 is 0 Å². The summed E-state index contributed by atoms with van der Waals surface area (Å²) in [6.07, 6.45) is 2.48. The van der Waals surface area contributed by atoms with E-state index in [1.807, 2.05) is 43.3 Å². The Bertz CT molecular complexity index is 882. The second-order valence-electron chi connectivity index (χ2n) is 6.75. The number of amides is 1. The standard InChI is InChI=1S/C20H24N4O/c1-14(2)13-24-18(23-17-8-5-10-21-19(17)24)9-11-22-20(25)16-7-4-6-15(3)12-16/h4-8,10,12,14H,9,11,13H2,1-3H3,(H,22,25). The Morgan fingerprint density at radius 2 is 2.08 bits per heavy atom. The van der Waals surface area contributed by atoms with E-state index in [-0.39, 0.29) is 5.91 Å². The average molecular weight is 336 g/mol. The van der Waals surface area contributed by atoms with E-state index in [4.69, 9.17) is 4.98 Å². The second-order valence-corrected chi connectivity index (χ2v) is 6.75. The van der Waals surface area contributed by atoms with Gasteiger partial charge in [0.2, 0.25) is 0 Å². The maximum absolute atomic E-state index is 12.3. The van der Waals surface area contributed by atoms with Gasteiger partial charge < -0.3 is 9.88 Å². The highest BCUT2D eigenvalue weighted by Crippen LogP contribution is 2.16. The SMILES string of the molecule is Cc1cccc(C(=O)NCCc2nc3cccnc3n2CC(C)C)c1. The first-order chi connectivity index (χ1) is 12.0. The van der Waals surface area contributed by atoms with Crippen LogP contribution in [0.2, 0.25) is 0 Å². The van der Waals surface area contributed by atoms with Crippen LogP contribution in [0.1, 0.15) is 35.6 Å². The van der Waals surface area contributed by atoms with Crippen LogP contribution >= 0.6 is 0 Å². The van der Waals surface area contributed by atoms with E-state index in [1.165, 1.54) is 0 Å². The molecule has 25 heavy (non-hydrogen) atoms. The molecule has 1 N–H and O–H groups in total. The van der Waals surface area contributed by atoms with Gasteiger partial charge in [-0.05, 0) is 37.1 Å². The van der Waals surface area contributed by atoms with Gasteiger partial charge in [-0.3, -0.25) is 4.79 Å². The van der Waals surface area contributed by atoms with Gasteiger partial charge in [-0.2, -0.15) is 0 Å². The molecule has 1 aromatic carbocycles. The zero-order valence-electron chi connectivity index (χ0n) is 15.0. The number of hydrogen-bond donors (Lipinski definition) is 1. The van der Waals surface area contributed by atoms with Crippen LogP contribution < -0.4 is 5.32 Å². The number of nitrogens with zero attached hydrogens (tertiary/aromatic N) is 3. The van der Waals surface area contributed by atoms with E-state index >= 15 is 0 Å². The zero-order valence-corrected chi connectivity index (χ0v) is 15.0. The van der Waals surface area contributed by atoms with Crippen LogP contribution in [0.15, 0.2) is 42.6 Å². The lowest BCUT2D eigenvalue weighted by Crippen LogP contribution is -2.26. The van der Waals surface area contributed by atoms with E-state index in [2.05, 4.69) is 28.7 Å². The lowest BCUT2D eigenvalue weighted by Gasteiger charge is -2.11. The fourth-order valence-corrected chi connectivity index (χ4v) is 2.93. The summed E-state index contributed by atoms with van der Waals surface area (Å²) in [6, 6.07) is 11.5. The summed E-state index contributed by atoms with van der Waals surface area (Å²) in [5.41, 5.74) is 3.59. The van der Waals surface area contributed by atoms with Gasteiger partial charge in [0.1, 0.15) is 11.3 Å². The van der Waals surface area contributed by atoms with Gasteiger partial charge in [0.25, 0.3) is 5.91 Å². The Labute approximate surface area is 148 Å². The first kappa shape index (κ1) is 17.1. The Balaban J connectivity index is 1.71. The number of nitrogens with one attached hydrogen (secondary N) is 1. The van der Waals surface area contributed by atoms with Crippen molar-refractivity contribution in [3.8, 4) is 0 Å². The van der Waals surface area contributed by atoms with Crippen molar-refractivity contribution in [2.75, 3.05) is 6.54 Å². The minimum Gasteiger partial charge on any atom is -0.352 e. The van der Waals surface area contributed by atoms with Crippen molar-refractivity contribution in [2.45, 2.75) is 33.7 Å². The van der Waals surface area contributed by atoms with E-state index in [0.29, 0.717) is 24.4 Å². The summed E-state index contributed by atoms with van der Waals surface area (Å²) in [5, 5.41) is 2.99. The highest BCUT2D eigenvalue weighted by Gasteiger charge is 2.13. The molecule has 3 rings (SSSR count). The second kappa shape index (κ2) is 7.47. The van der Waals surface area contributed by atoms with Gasteiger partial charge in [0, 0.05) is 31.3 Å². The number of benzene rings is 1.